The molecule has 0 spiro atoms. The topological polar surface area (TPSA) is 84.2 Å². The summed E-state index contributed by atoms with van der Waals surface area (Å²) in [5, 5.41) is 13.0. The molecule has 0 aliphatic rings. The van der Waals surface area contributed by atoms with Crippen LogP contribution in [0.25, 0.3) is 0 Å². The van der Waals surface area contributed by atoms with E-state index in [-0.39, 0.29) is 18.0 Å². The Morgan fingerprint density at radius 3 is 2.85 bits per heavy atom. The van der Waals surface area contributed by atoms with Gasteiger partial charge in [-0.2, -0.15) is 5.10 Å². The number of aliphatic hydroxyl groups excluding tert-OH is 1. The number of halogens is 1. The van der Waals surface area contributed by atoms with Crippen LogP contribution in [0, 0.1) is 6.92 Å². The minimum Gasteiger partial charge on any atom is -0.394 e. The molecule has 8 heteroatoms. The summed E-state index contributed by atoms with van der Waals surface area (Å²) in [7, 11) is -3.75. The molecule has 2 aromatic rings. The van der Waals surface area contributed by atoms with Crippen molar-refractivity contribution in [3.8, 4) is 0 Å². The number of hydrogen-bond acceptors (Lipinski definition) is 4. The van der Waals surface area contributed by atoms with Crippen molar-refractivity contribution in [3.05, 3.63) is 41.2 Å². The first-order valence-corrected chi connectivity index (χ1v) is 7.71. The van der Waals surface area contributed by atoms with Crippen molar-refractivity contribution in [2.75, 3.05) is 11.3 Å². The van der Waals surface area contributed by atoms with Crippen LogP contribution >= 0.6 is 11.6 Å². The molecule has 108 valence electrons. The van der Waals surface area contributed by atoms with Crippen molar-refractivity contribution in [1.29, 1.82) is 0 Å². The van der Waals surface area contributed by atoms with Gasteiger partial charge in [-0.25, -0.2) is 8.42 Å². The molecule has 0 atom stereocenters. The summed E-state index contributed by atoms with van der Waals surface area (Å²) in [6.45, 7) is 1.99. The van der Waals surface area contributed by atoms with E-state index in [1.807, 2.05) is 6.92 Å². The zero-order valence-electron chi connectivity index (χ0n) is 10.7. The molecule has 2 N–H and O–H groups in total. The predicted molar refractivity (Wildman–Crippen MR) is 76.3 cm³/mol. The first kappa shape index (κ1) is 14.8. The lowest BCUT2D eigenvalue weighted by Crippen LogP contribution is -2.12. The van der Waals surface area contributed by atoms with Crippen molar-refractivity contribution in [2.45, 2.75) is 18.4 Å². The van der Waals surface area contributed by atoms with Crippen molar-refractivity contribution in [3.63, 3.8) is 0 Å². The normalized spacial score (nSPS) is 11.6. The van der Waals surface area contributed by atoms with Gasteiger partial charge in [0.15, 0.2) is 0 Å². The summed E-state index contributed by atoms with van der Waals surface area (Å²) in [6, 6.07) is 5.04. The number of aryl methyl sites for hydroxylation is 1. The lowest BCUT2D eigenvalue weighted by molar-refractivity contribution is 0.269. The molecule has 0 aliphatic carbocycles. The van der Waals surface area contributed by atoms with Crippen molar-refractivity contribution >= 4 is 27.3 Å². The maximum absolute atomic E-state index is 12.2. The molecule has 1 aromatic heterocycles. The van der Waals surface area contributed by atoms with E-state index in [1.165, 1.54) is 17.1 Å². The van der Waals surface area contributed by atoms with Gasteiger partial charge in [-0.3, -0.25) is 9.40 Å². The van der Waals surface area contributed by atoms with E-state index in [9.17, 15) is 8.42 Å². The second-order valence-electron chi connectivity index (χ2n) is 4.25. The second-order valence-corrected chi connectivity index (χ2v) is 6.34. The monoisotopic (exact) mass is 315 g/mol. The van der Waals surface area contributed by atoms with Crippen LogP contribution in [0.2, 0.25) is 5.02 Å². The van der Waals surface area contributed by atoms with Crippen LogP contribution in [0.5, 0.6) is 0 Å². The van der Waals surface area contributed by atoms with Crippen LogP contribution in [0.1, 0.15) is 5.56 Å². The molecule has 20 heavy (non-hydrogen) atoms. The Kier molecular flexibility index (Phi) is 4.32. The fraction of sp³-hybridized carbons (Fsp3) is 0.250. The molecule has 0 saturated heterocycles. The summed E-state index contributed by atoms with van der Waals surface area (Å²) in [6.07, 6.45) is 2.57. The SMILES string of the molecule is Cc1ccc(NS(=O)(=O)c2cnn(CCO)c2)c(Cl)c1. The van der Waals surface area contributed by atoms with Gasteiger partial charge in [0.05, 0.1) is 30.1 Å². The van der Waals surface area contributed by atoms with Gasteiger partial charge in [0.25, 0.3) is 10.0 Å². The van der Waals surface area contributed by atoms with Gasteiger partial charge >= 0.3 is 0 Å². The largest absolute Gasteiger partial charge is 0.394 e. The van der Waals surface area contributed by atoms with Crippen LogP contribution in [0.3, 0.4) is 0 Å². The molecule has 1 aromatic carbocycles. The highest BCUT2D eigenvalue weighted by molar-refractivity contribution is 7.92. The Morgan fingerprint density at radius 2 is 2.20 bits per heavy atom. The van der Waals surface area contributed by atoms with Crippen molar-refractivity contribution in [1.82, 2.24) is 9.78 Å². The fourth-order valence-electron chi connectivity index (χ4n) is 1.61. The van der Waals surface area contributed by atoms with E-state index < -0.39 is 10.0 Å². The van der Waals surface area contributed by atoms with Gasteiger partial charge in [0, 0.05) is 6.20 Å². The number of benzene rings is 1. The van der Waals surface area contributed by atoms with Crippen molar-refractivity contribution in [2.24, 2.45) is 0 Å². The third-order valence-corrected chi connectivity index (χ3v) is 4.25. The molecule has 0 saturated carbocycles. The molecule has 1 heterocycles. The quantitative estimate of drug-likeness (QED) is 0.878. The maximum atomic E-state index is 12.2. The Morgan fingerprint density at radius 1 is 1.45 bits per heavy atom. The number of rotatable bonds is 5. The van der Waals surface area contributed by atoms with E-state index in [0.29, 0.717) is 10.7 Å². The highest BCUT2D eigenvalue weighted by atomic mass is 35.5. The summed E-state index contributed by atoms with van der Waals surface area (Å²) in [5.74, 6) is 0. The first-order chi connectivity index (χ1) is 9.42. The van der Waals surface area contributed by atoms with Crippen LogP contribution < -0.4 is 4.72 Å². The zero-order chi connectivity index (χ0) is 14.8. The summed E-state index contributed by atoms with van der Waals surface area (Å²) in [4.78, 5) is 0.0163. The minimum atomic E-state index is -3.75. The highest BCUT2D eigenvalue weighted by Crippen LogP contribution is 2.25. The van der Waals surface area contributed by atoms with Crippen molar-refractivity contribution < 1.29 is 13.5 Å². The third-order valence-electron chi connectivity index (χ3n) is 2.62. The Bertz CT molecular complexity index is 712. The lowest BCUT2D eigenvalue weighted by Gasteiger charge is -2.08. The van der Waals surface area contributed by atoms with Gasteiger partial charge in [0.2, 0.25) is 0 Å². The molecule has 2 rings (SSSR count). The van der Waals surface area contributed by atoms with Crippen LogP contribution in [0.15, 0.2) is 35.5 Å². The van der Waals surface area contributed by atoms with E-state index in [1.54, 1.807) is 18.2 Å². The first-order valence-electron chi connectivity index (χ1n) is 5.84. The molecule has 0 bridgehead atoms. The number of nitrogens with one attached hydrogen (secondary N) is 1. The van der Waals surface area contributed by atoms with Gasteiger partial charge < -0.3 is 5.11 Å². The van der Waals surface area contributed by atoms with Gasteiger partial charge in [-0.15, -0.1) is 0 Å². The molecule has 0 fully saturated rings. The number of hydrogen-bond donors (Lipinski definition) is 2. The van der Waals surface area contributed by atoms with E-state index in [2.05, 4.69) is 9.82 Å². The average Bonchev–Trinajstić information content (AvgIpc) is 2.83. The number of sulfonamides is 1. The number of aromatic nitrogens is 2. The third kappa shape index (κ3) is 3.30. The number of aliphatic hydroxyl groups is 1. The molecular weight excluding hydrogens is 302 g/mol. The van der Waals surface area contributed by atoms with E-state index in [0.717, 1.165) is 5.56 Å². The smallest absolute Gasteiger partial charge is 0.265 e. The second kappa shape index (κ2) is 5.82. The van der Waals surface area contributed by atoms with Crippen LogP contribution in [-0.4, -0.2) is 29.9 Å². The Hall–Kier alpha value is -1.57. The standard InChI is InChI=1S/C12H14ClN3O3S/c1-9-2-3-12(11(13)6-9)15-20(18,19)10-7-14-16(8-10)4-5-17/h2-3,6-8,15,17H,4-5H2,1H3. The lowest BCUT2D eigenvalue weighted by atomic mass is 10.2. The molecule has 0 amide bonds. The van der Waals surface area contributed by atoms with Gasteiger partial charge in [-0.05, 0) is 24.6 Å². The maximum Gasteiger partial charge on any atom is 0.265 e. The Balaban J connectivity index is 2.26. The fourth-order valence-corrected chi connectivity index (χ4v) is 2.98. The molecule has 0 radical (unpaired) electrons. The van der Waals surface area contributed by atoms with Crippen LogP contribution in [0.4, 0.5) is 5.69 Å². The summed E-state index contributed by atoms with van der Waals surface area (Å²) in [5.41, 5.74) is 1.25. The van der Waals surface area contributed by atoms with Gasteiger partial charge in [0.1, 0.15) is 4.90 Å². The predicted octanol–water partition coefficient (Wildman–Crippen LogP) is 1.64. The average molecular weight is 316 g/mol. The molecule has 0 unspecified atom stereocenters. The minimum absolute atomic E-state index is 0.0163. The molecule has 6 nitrogen and oxygen atoms in total. The molecule has 0 aliphatic heterocycles. The number of anilines is 1. The van der Waals surface area contributed by atoms with E-state index in [4.69, 9.17) is 16.7 Å². The molecular formula is C12H14ClN3O3S. The summed E-state index contributed by atoms with van der Waals surface area (Å²) < 4.78 is 28.1. The zero-order valence-corrected chi connectivity index (χ0v) is 12.3. The van der Waals surface area contributed by atoms with Crippen LogP contribution in [-0.2, 0) is 16.6 Å². The number of nitrogens with zero attached hydrogens (tertiary/aromatic N) is 2. The summed E-state index contributed by atoms with van der Waals surface area (Å²) >= 11 is 6.00. The highest BCUT2D eigenvalue weighted by Gasteiger charge is 2.17. The Labute approximate surface area is 122 Å². The van der Waals surface area contributed by atoms with Gasteiger partial charge in [-0.1, -0.05) is 17.7 Å². The van der Waals surface area contributed by atoms with E-state index >= 15 is 0 Å².